The van der Waals surface area contributed by atoms with E-state index in [0.717, 1.165) is 29.5 Å². The Labute approximate surface area is 182 Å². The lowest BCUT2D eigenvalue weighted by molar-refractivity contribution is -0.192. The number of ether oxygens (including phenoxy) is 2. The molecular weight excluding hydrogens is 433 g/mol. The van der Waals surface area contributed by atoms with Crippen LogP contribution in [0.3, 0.4) is 0 Å². The first kappa shape index (κ1) is 25.3. The van der Waals surface area contributed by atoms with Gasteiger partial charge < -0.3 is 24.0 Å². The molecule has 176 valence electrons. The van der Waals surface area contributed by atoms with Crippen LogP contribution in [-0.4, -0.2) is 62.9 Å². The molecule has 0 aliphatic carbocycles. The second-order valence-electron chi connectivity index (χ2n) is 7.02. The summed E-state index contributed by atoms with van der Waals surface area (Å²) in [4.78, 5) is 31.8. The number of aryl methyl sites for hydroxylation is 1. The zero-order chi connectivity index (χ0) is 23.9. The molecule has 0 fully saturated rings. The van der Waals surface area contributed by atoms with Gasteiger partial charge >= 0.3 is 12.1 Å². The molecule has 0 spiro atoms. The molecule has 0 saturated heterocycles. The number of methoxy groups -OCH3 is 1. The van der Waals surface area contributed by atoms with Crippen LogP contribution in [0.1, 0.15) is 35.9 Å². The number of nitrogens with zero attached hydrogens (tertiary/aromatic N) is 4. The summed E-state index contributed by atoms with van der Waals surface area (Å²) in [6, 6.07) is 5.84. The van der Waals surface area contributed by atoms with Crippen LogP contribution in [0.15, 0.2) is 24.4 Å². The summed E-state index contributed by atoms with van der Waals surface area (Å²) < 4.78 is 44.6. The average molecular weight is 458 g/mol. The second-order valence-corrected chi connectivity index (χ2v) is 7.02. The number of fused-ring (bicyclic) bond motifs is 1. The predicted molar refractivity (Wildman–Crippen MR) is 105 cm³/mol. The average Bonchev–Trinajstić information content (AvgIpc) is 3.12. The largest absolute Gasteiger partial charge is 0.490 e. The Morgan fingerprint density at radius 1 is 1.25 bits per heavy atom. The Bertz CT molecular complexity index is 932. The molecule has 1 amide bonds. The van der Waals surface area contributed by atoms with Gasteiger partial charge in [-0.25, -0.2) is 9.78 Å². The van der Waals surface area contributed by atoms with Gasteiger partial charge in [0.15, 0.2) is 0 Å². The number of pyridine rings is 1. The summed E-state index contributed by atoms with van der Waals surface area (Å²) in [6.07, 6.45) is -3.25. The lowest BCUT2D eigenvalue weighted by Crippen LogP contribution is -2.43. The summed E-state index contributed by atoms with van der Waals surface area (Å²) in [5.74, 6) is -1.87. The number of aliphatic carboxylic acids is 1. The highest BCUT2D eigenvalue weighted by Crippen LogP contribution is 2.25. The van der Waals surface area contributed by atoms with Crippen molar-refractivity contribution >= 4 is 11.9 Å². The molecule has 9 nitrogen and oxygen atoms in total. The van der Waals surface area contributed by atoms with E-state index < -0.39 is 12.1 Å². The van der Waals surface area contributed by atoms with Crippen LogP contribution in [-0.2, 0) is 38.8 Å². The second kappa shape index (κ2) is 11.0. The number of aromatic nitrogens is 3. The minimum atomic E-state index is -5.08. The Morgan fingerprint density at radius 2 is 1.94 bits per heavy atom. The summed E-state index contributed by atoms with van der Waals surface area (Å²) in [5, 5.41) is 7.12. The van der Waals surface area contributed by atoms with Gasteiger partial charge in [0.2, 0.25) is 5.91 Å². The fourth-order valence-corrected chi connectivity index (χ4v) is 3.16. The zero-order valence-corrected chi connectivity index (χ0v) is 17.9. The number of carboxylic acid groups (broad SMARTS) is 1. The first-order chi connectivity index (χ1) is 15.0. The van der Waals surface area contributed by atoms with Gasteiger partial charge in [-0.05, 0) is 26.0 Å². The summed E-state index contributed by atoms with van der Waals surface area (Å²) in [7, 11) is 1.53. The molecule has 0 radical (unpaired) electrons. The fourth-order valence-electron chi connectivity index (χ4n) is 3.16. The van der Waals surface area contributed by atoms with E-state index in [2.05, 4.69) is 14.5 Å². The van der Waals surface area contributed by atoms with E-state index in [1.54, 1.807) is 0 Å². The van der Waals surface area contributed by atoms with Crippen molar-refractivity contribution in [2.75, 3.05) is 20.3 Å². The maximum absolute atomic E-state index is 12.1. The molecule has 3 rings (SSSR count). The van der Waals surface area contributed by atoms with Crippen molar-refractivity contribution in [1.29, 1.82) is 0 Å². The SMILES string of the molecule is COCC(=O)N1CCn2c(COCc3cccc(C)n3)cnc2C1C.O=C(O)C(F)(F)F. The third-order valence-electron chi connectivity index (χ3n) is 4.65. The van der Waals surface area contributed by atoms with Gasteiger partial charge in [-0.1, -0.05) is 6.07 Å². The Morgan fingerprint density at radius 3 is 2.53 bits per heavy atom. The minimum Gasteiger partial charge on any atom is -0.475 e. The number of carbonyl (C=O) groups is 2. The molecule has 1 atom stereocenters. The first-order valence-corrected chi connectivity index (χ1v) is 9.67. The van der Waals surface area contributed by atoms with Crippen molar-refractivity contribution in [2.45, 2.75) is 45.8 Å². The monoisotopic (exact) mass is 458 g/mol. The number of alkyl halides is 3. The molecule has 1 aliphatic rings. The molecule has 2 aromatic heterocycles. The van der Waals surface area contributed by atoms with Crippen LogP contribution >= 0.6 is 0 Å². The van der Waals surface area contributed by atoms with E-state index in [1.165, 1.54) is 7.11 Å². The van der Waals surface area contributed by atoms with Gasteiger partial charge in [-0.3, -0.25) is 9.78 Å². The zero-order valence-electron chi connectivity index (χ0n) is 17.9. The number of hydrogen-bond acceptors (Lipinski definition) is 6. The predicted octanol–water partition coefficient (Wildman–Crippen LogP) is 2.49. The van der Waals surface area contributed by atoms with Crippen LogP contribution < -0.4 is 0 Å². The van der Waals surface area contributed by atoms with Crippen molar-refractivity contribution < 1.29 is 37.3 Å². The third-order valence-corrected chi connectivity index (χ3v) is 4.65. The lowest BCUT2D eigenvalue weighted by atomic mass is 10.2. The van der Waals surface area contributed by atoms with E-state index in [9.17, 15) is 18.0 Å². The number of imidazole rings is 1. The molecule has 32 heavy (non-hydrogen) atoms. The quantitative estimate of drug-likeness (QED) is 0.709. The summed E-state index contributed by atoms with van der Waals surface area (Å²) >= 11 is 0. The van der Waals surface area contributed by atoms with Gasteiger partial charge in [-0.15, -0.1) is 0 Å². The molecule has 1 aliphatic heterocycles. The van der Waals surface area contributed by atoms with Gasteiger partial charge in [-0.2, -0.15) is 13.2 Å². The Balaban J connectivity index is 0.000000451. The van der Waals surface area contributed by atoms with Gasteiger partial charge in [0.1, 0.15) is 12.4 Å². The summed E-state index contributed by atoms with van der Waals surface area (Å²) in [6.45, 7) is 6.37. The number of hydrogen-bond donors (Lipinski definition) is 1. The smallest absolute Gasteiger partial charge is 0.475 e. The van der Waals surface area contributed by atoms with Crippen molar-refractivity contribution in [3.05, 3.63) is 47.3 Å². The minimum absolute atomic E-state index is 0.00688. The van der Waals surface area contributed by atoms with Crippen LogP contribution in [0.5, 0.6) is 0 Å². The molecular formula is C20H25F3N4O5. The normalized spacial score (nSPS) is 15.6. The molecule has 0 bridgehead atoms. The van der Waals surface area contributed by atoms with E-state index in [4.69, 9.17) is 19.4 Å². The molecule has 0 saturated carbocycles. The number of rotatable bonds is 6. The lowest BCUT2D eigenvalue weighted by Gasteiger charge is -2.34. The number of halogens is 3. The van der Waals surface area contributed by atoms with Crippen LogP contribution in [0.25, 0.3) is 0 Å². The van der Waals surface area contributed by atoms with Crippen molar-refractivity contribution in [1.82, 2.24) is 19.4 Å². The highest BCUT2D eigenvalue weighted by molar-refractivity contribution is 5.78. The molecule has 1 unspecified atom stereocenters. The molecule has 2 aromatic rings. The number of amides is 1. The van der Waals surface area contributed by atoms with Crippen molar-refractivity contribution in [2.24, 2.45) is 0 Å². The molecule has 1 N–H and O–H groups in total. The van der Waals surface area contributed by atoms with E-state index in [1.807, 2.05) is 43.1 Å². The molecule has 12 heteroatoms. The van der Waals surface area contributed by atoms with E-state index >= 15 is 0 Å². The van der Waals surface area contributed by atoms with Crippen molar-refractivity contribution in [3.63, 3.8) is 0 Å². The number of carboxylic acids is 1. The highest BCUT2D eigenvalue weighted by atomic mass is 19.4. The molecule has 0 aromatic carbocycles. The van der Waals surface area contributed by atoms with Crippen molar-refractivity contribution in [3.8, 4) is 0 Å². The Kier molecular flexibility index (Phi) is 8.72. The van der Waals surface area contributed by atoms with Gasteiger partial charge in [0.05, 0.1) is 36.8 Å². The third kappa shape index (κ3) is 6.76. The van der Waals surface area contributed by atoms with Crippen LogP contribution in [0, 0.1) is 6.92 Å². The van der Waals surface area contributed by atoms with Crippen LogP contribution in [0.4, 0.5) is 13.2 Å². The molecule has 3 heterocycles. The maximum atomic E-state index is 12.1. The highest BCUT2D eigenvalue weighted by Gasteiger charge is 2.38. The van der Waals surface area contributed by atoms with Crippen LogP contribution in [0.2, 0.25) is 0 Å². The topological polar surface area (TPSA) is 107 Å². The van der Waals surface area contributed by atoms with E-state index in [0.29, 0.717) is 19.8 Å². The first-order valence-electron chi connectivity index (χ1n) is 9.67. The fraction of sp³-hybridized carbons (Fsp3) is 0.500. The Hall–Kier alpha value is -2.99. The van der Waals surface area contributed by atoms with Gasteiger partial charge in [0.25, 0.3) is 0 Å². The van der Waals surface area contributed by atoms with E-state index in [-0.39, 0.29) is 18.6 Å². The van der Waals surface area contributed by atoms with Gasteiger partial charge in [0, 0.05) is 25.9 Å². The summed E-state index contributed by atoms with van der Waals surface area (Å²) in [5.41, 5.74) is 2.92. The standard InChI is InChI=1S/C18H24N4O3.C2HF3O2/c1-13-5-4-6-15(20-13)10-25-11-16-9-19-18-14(2)21(7-8-22(16)18)17(23)12-24-3;3-2(4,5)1(6)7/h4-6,9,14H,7-8,10-12H2,1-3H3;(H,6,7). The number of carbonyl (C=O) groups excluding carboxylic acids is 1. The maximum Gasteiger partial charge on any atom is 0.490 e.